The van der Waals surface area contributed by atoms with Gasteiger partial charge in [0.2, 0.25) is 11.8 Å². The highest BCUT2D eigenvalue weighted by molar-refractivity contribution is 5.95. The molecular formula is C16H20N2O2. The van der Waals surface area contributed by atoms with E-state index in [2.05, 4.69) is 31.2 Å². The molecule has 2 heterocycles. The number of nitrogens with zero attached hydrogens (tertiary/aromatic N) is 2. The average molecular weight is 272 g/mol. The Bertz CT molecular complexity index is 524. The lowest BCUT2D eigenvalue weighted by Gasteiger charge is -2.36. The second-order valence-corrected chi connectivity index (χ2v) is 5.61. The van der Waals surface area contributed by atoms with Crippen LogP contribution in [-0.2, 0) is 22.6 Å². The minimum atomic E-state index is -0.203. The highest BCUT2D eigenvalue weighted by Gasteiger charge is 2.41. The Labute approximate surface area is 119 Å². The molecule has 0 saturated carbocycles. The van der Waals surface area contributed by atoms with Gasteiger partial charge in [-0.3, -0.25) is 9.59 Å². The number of amides is 2. The molecule has 0 spiro atoms. The van der Waals surface area contributed by atoms with Crippen molar-refractivity contribution in [2.45, 2.75) is 38.8 Å². The van der Waals surface area contributed by atoms with Crippen LogP contribution in [0.4, 0.5) is 0 Å². The topological polar surface area (TPSA) is 40.6 Å². The van der Waals surface area contributed by atoms with Crippen LogP contribution in [-0.4, -0.2) is 40.7 Å². The third-order valence-corrected chi connectivity index (χ3v) is 4.30. The largest absolute Gasteiger partial charge is 0.329 e. The maximum absolute atomic E-state index is 12.4. The van der Waals surface area contributed by atoms with Gasteiger partial charge in [-0.25, -0.2) is 0 Å². The van der Waals surface area contributed by atoms with Crippen molar-refractivity contribution in [3.8, 4) is 0 Å². The van der Waals surface area contributed by atoms with Crippen LogP contribution in [0.1, 0.15) is 30.9 Å². The van der Waals surface area contributed by atoms with Crippen molar-refractivity contribution >= 4 is 11.8 Å². The minimum absolute atomic E-state index is 0.0947. The Kier molecular flexibility index (Phi) is 3.47. The Hall–Kier alpha value is -1.84. The van der Waals surface area contributed by atoms with Crippen molar-refractivity contribution in [1.82, 2.24) is 9.80 Å². The van der Waals surface area contributed by atoms with Gasteiger partial charge in [0.25, 0.3) is 0 Å². The molecule has 1 aromatic rings. The fourth-order valence-electron chi connectivity index (χ4n) is 3.10. The monoisotopic (exact) mass is 272 g/mol. The lowest BCUT2D eigenvalue weighted by Crippen LogP contribution is -2.56. The fourth-order valence-corrected chi connectivity index (χ4v) is 3.10. The van der Waals surface area contributed by atoms with Gasteiger partial charge in [-0.1, -0.05) is 31.2 Å². The number of hydrogen-bond acceptors (Lipinski definition) is 2. The summed E-state index contributed by atoms with van der Waals surface area (Å²) in [5.74, 6) is 0.207. The Morgan fingerprint density at radius 2 is 1.85 bits per heavy atom. The quantitative estimate of drug-likeness (QED) is 0.838. The molecule has 0 N–H and O–H groups in total. The number of rotatable bonds is 3. The van der Waals surface area contributed by atoms with Crippen molar-refractivity contribution in [2.24, 2.45) is 0 Å². The Morgan fingerprint density at radius 3 is 2.55 bits per heavy atom. The molecule has 0 aliphatic carbocycles. The maximum atomic E-state index is 12.4. The van der Waals surface area contributed by atoms with Gasteiger partial charge in [-0.2, -0.15) is 0 Å². The molecule has 2 fully saturated rings. The molecule has 4 nitrogen and oxygen atoms in total. The van der Waals surface area contributed by atoms with Gasteiger partial charge in [0.15, 0.2) is 0 Å². The summed E-state index contributed by atoms with van der Waals surface area (Å²) in [4.78, 5) is 27.9. The minimum Gasteiger partial charge on any atom is -0.329 e. The number of hydrogen-bond donors (Lipinski definition) is 0. The van der Waals surface area contributed by atoms with E-state index in [1.807, 2.05) is 0 Å². The number of benzene rings is 1. The van der Waals surface area contributed by atoms with E-state index in [9.17, 15) is 9.59 Å². The highest BCUT2D eigenvalue weighted by atomic mass is 16.2. The summed E-state index contributed by atoms with van der Waals surface area (Å²) in [7, 11) is 0. The highest BCUT2D eigenvalue weighted by Crippen LogP contribution is 2.24. The van der Waals surface area contributed by atoms with E-state index in [0.29, 0.717) is 6.54 Å². The van der Waals surface area contributed by atoms with Gasteiger partial charge >= 0.3 is 0 Å². The number of aryl methyl sites for hydroxylation is 1. The van der Waals surface area contributed by atoms with E-state index in [1.54, 1.807) is 9.80 Å². The van der Waals surface area contributed by atoms with Crippen LogP contribution in [0.5, 0.6) is 0 Å². The van der Waals surface area contributed by atoms with Crippen molar-refractivity contribution in [3.05, 3.63) is 35.4 Å². The van der Waals surface area contributed by atoms with Crippen LogP contribution in [0.25, 0.3) is 0 Å². The van der Waals surface area contributed by atoms with Gasteiger partial charge in [-0.05, 0) is 30.4 Å². The molecule has 106 valence electrons. The Balaban J connectivity index is 1.73. The number of carbonyl (C=O) groups excluding carboxylic acids is 2. The van der Waals surface area contributed by atoms with Crippen LogP contribution in [0.15, 0.2) is 24.3 Å². The second kappa shape index (κ2) is 5.27. The molecule has 20 heavy (non-hydrogen) atoms. The van der Waals surface area contributed by atoms with E-state index in [4.69, 9.17) is 0 Å². The molecule has 2 amide bonds. The van der Waals surface area contributed by atoms with Crippen molar-refractivity contribution < 1.29 is 9.59 Å². The van der Waals surface area contributed by atoms with E-state index >= 15 is 0 Å². The molecule has 4 heteroatoms. The van der Waals surface area contributed by atoms with Gasteiger partial charge in [0.05, 0.1) is 0 Å². The molecule has 1 unspecified atom stereocenters. The maximum Gasteiger partial charge on any atom is 0.246 e. The zero-order valence-corrected chi connectivity index (χ0v) is 11.8. The van der Waals surface area contributed by atoms with Crippen LogP contribution in [0, 0.1) is 0 Å². The molecule has 0 bridgehead atoms. The zero-order chi connectivity index (χ0) is 14.1. The summed E-state index contributed by atoms with van der Waals surface area (Å²) in [6.07, 6.45) is 2.77. The first kappa shape index (κ1) is 13.2. The predicted molar refractivity (Wildman–Crippen MR) is 76.0 cm³/mol. The molecule has 2 aliphatic rings. The number of piperazine rings is 1. The number of fused-ring (bicyclic) bond motifs is 1. The first-order valence-electron chi connectivity index (χ1n) is 7.35. The molecular weight excluding hydrogens is 252 g/mol. The van der Waals surface area contributed by atoms with E-state index in [-0.39, 0.29) is 24.4 Å². The molecule has 2 aliphatic heterocycles. The summed E-state index contributed by atoms with van der Waals surface area (Å²) in [6, 6.07) is 8.09. The first-order valence-corrected chi connectivity index (χ1v) is 7.35. The number of carbonyl (C=O) groups is 2. The fraction of sp³-hybridized carbons (Fsp3) is 0.500. The van der Waals surface area contributed by atoms with Crippen molar-refractivity contribution in [1.29, 1.82) is 0 Å². The zero-order valence-electron chi connectivity index (χ0n) is 11.8. The molecule has 2 saturated heterocycles. The molecule has 1 atom stereocenters. The SMILES string of the molecule is CCc1ccc(CN2CC(=O)N3CCCC3C2=O)cc1. The standard InChI is InChI=1S/C16H20N2O2/c1-2-12-5-7-13(8-6-12)10-17-11-15(19)18-9-3-4-14(18)16(17)20/h5-8,14H,2-4,9-11H2,1H3. The summed E-state index contributed by atoms with van der Waals surface area (Å²) < 4.78 is 0. The Morgan fingerprint density at radius 1 is 1.15 bits per heavy atom. The van der Waals surface area contributed by atoms with Crippen LogP contribution >= 0.6 is 0 Å². The van der Waals surface area contributed by atoms with Crippen molar-refractivity contribution in [3.63, 3.8) is 0 Å². The van der Waals surface area contributed by atoms with E-state index < -0.39 is 0 Å². The van der Waals surface area contributed by atoms with Gasteiger partial charge in [0.1, 0.15) is 12.6 Å². The lowest BCUT2D eigenvalue weighted by atomic mass is 10.1. The van der Waals surface area contributed by atoms with Crippen molar-refractivity contribution in [2.75, 3.05) is 13.1 Å². The molecule has 1 aromatic carbocycles. The van der Waals surface area contributed by atoms with Crippen LogP contribution < -0.4 is 0 Å². The third kappa shape index (κ3) is 2.30. The molecule has 3 rings (SSSR count). The van der Waals surface area contributed by atoms with Crippen LogP contribution in [0.2, 0.25) is 0 Å². The summed E-state index contributed by atoms with van der Waals surface area (Å²) in [5.41, 5.74) is 2.38. The lowest BCUT2D eigenvalue weighted by molar-refractivity contribution is -0.154. The van der Waals surface area contributed by atoms with E-state index in [1.165, 1.54) is 5.56 Å². The normalized spacial score (nSPS) is 22.4. The van der Waals surface area contributed by atoms with Gasteiger partial charge in [-0.15, -0.1) is 0 Å². The first-order chi connectivity index (χ1) is 9.69. The van der Waals surface area contributed by atoms with E-state index in [0.717, 1.165) is 31.4 Å². The smallest absolute Gasteiger partial charge is 0.246 e. The summed E-state index contributed by atoms with van der Waals surface area (Å²) >= 11 is 0. The van der Waals surface area contributed by atoms with Gasteiger partial charge < -0.3 is 9.80 Å². The van der Waals surface area contributed by atoms with Gasteiger partial charge in [0, 0.05) is 13.1 Å². The predicted octanol–water partition coefficient (Wildman–Crippen LogP) is 1.58. The second-order valence-electron chi connectivity index (χ2n) is 5.61. The summed E-state index contributed by atoms with van der Waals surface area (Å²) in [5, 5.41) is 0. The molecule has 0 aromatic heterocycles. The average Bonchev–Trinajstić information content (AvgIpc) is 2.95. The summed E-state index contributed by atoms with van der Waals surface area (Å²) in [6.45, 7) is 3.63. The van der Waals surface area contributed by atoms with Crippen LogP contribution in [0.3, 0.4) is 0 Å². The molecule has 0 radical (unpaired) electrons. The third-order valence-electron chi connectivity index (χ3n) is 4.30.